The fourth-order valence-electron chi connectivity index (χ4n) is 2.51. The van der Waals surface area contributed by atoms with E-state index in [0.717, 1.165) is 16.5 Å². The van der Waals surface area contributed by atoms with E-state index in [2.05, 4.69) is 4.98 Å². The lowest BCUT2D eigenvalue weighted by molar-refractivity contribution is 0.111. The van der Waals surface area contributed by atoms with Crippen LogP contribution in [0.15, 0.2) is 48.5 Å². The van der Waals surface area contributed by atoms with E-state index in [1.165, 1.54) is 0 Å². The summed E-state index contributed by atoms with van der Waals surface area (Å²) in [5.74, 6) is 0.499. The van der Waals surface area contributed by atoms with Crippen LogP contribution in [0.3, 0.4) is 0 Å². The van der Waals surface area contributed by atoms with Crippen molar-refractivity contribution in [3.63, 3.8) is 0 Å². The first-order valence-corrected chi connectivity index (χ1v) is 7.39. The Morgan fingerprint density at radius 1 is 1.14 bits per heavy atom. The molecular formula is C18H14ClNO2. The fourth-order valence-corrected chi connectivity index (χ4v) is 2.73. The van der Waals surface area contributed by atoms with E-state index in [1.54, 1.807) is 6.07 Å². The number of halogens is 1. The lowest BCUT2D eigenvalue weighted by Crippen LogP contribution is -2.02. The normalized spacial score (nSPS) is 10.6. The molecule has 0 saturated carbocycles. The van der Waals surface area contributed by atoms with E-state index in [4.69, 9.17) is 16.3 Å². The predicted molar refractivity (Wildman–Crippen MR) is 88.7 cm³/mol. The SMILES string of the molecule is CCOc1c(C=O)nc2c(Cl)cccc2c1-c1ccccc1. The Morgan fingerprint density at radius 2 is 1.91 bits per heavy atom. The van der Waals surface area contributed by atoms with Crippen molar-refractivity contribution in [1.29, 1.82) is 0 Å². The highest BCUT2D eigenvalue weighted by molar-refractivity contribution is 6.35. The maximum atomic E-state index is 11.5. The molecule has 0 atom stereocenters. The first-order valence-electron chi connectivity index (χ1n) is 7.02. The average molecular weight is 312 g/mol. The van der Waals surface area contributed by atoms with Crippen LogP contribution in [0.1, 0.15) is 17.4 Å². The molecule has 3 rings (SSSR count). The molecule has 0 aliphatic carbocycles. The Morgan fingerprint density at radius 3 is 2.59 bits per heavy atom. The Bertz CT molecular complexity index is 831. The molecule has 3 nitrogen and oxygen atoms in total. The van der Waals surface area contributed by atoms with Gasteiger partial charge in [-0.05, 0) is 18.6 Å². The van der Waals surface area contributed by atoms with Crippen molar-refractivity contribution in [1.82, 2.24) is 4.98 Å². The molecule has 0 fully saturated rings. The Hall–Kier alpha value is -2.39. The number of hydrogen-bond donors (Lipinski definition) is 0. The topological polar surface area (TPSA) is 39.2 Å². The van der Waals surface area contributed by atoms with E-state index in [9.17, 15) is 4.79 Å². The van der Waals surface area contributed by atoms with Gasteiger partial charge < -0.3 is 4.74 Å². The van der Waals surface area contributed by atoms with Gasteiger partial charge in [0.2, 0.25) is 0 Å². The largest absolute Gasteiger partial charge is 0.491 e. The molecule has 0 amide bonds. The molecule has 0 bridgehead atoms. The van der Waals surface area contributed by atoms with E-state index in [-0.39, 0.29) is 5.69 Å². The monoisotopic (exact) mass is 311 g/mol. The molecule has 0 unspecified atom stereocenters. The number of fused-ring (bicyclic) bond motifs is 1. The summed E-state index contributed by atoms with van der Waals surface area (Å²) >= 11 is 6.26. The molecule has 2 aromatic carbocycles. The van der Waals surface area contributed by atoms with Crippen LogP contribution < -0.4 is 4.74 Å². The van der Waals surface area contributed by atoms with Gasteiger partial charge in [-0.15, -0.1) is 0 Å². The second kappa shape index (κ2) is 6.16. The molecular weight excluding hydrogens is 298 g/mol. The number of rotatable bonds is 4. The third-order valence-corrected chi connectivity index (χ3v) is 3.72. The first kappa shape index (κ1) is 14.5. The van der Waals surface area contributed by atoms with Crippen LogP contribution in [-0.4, -0.2) is 17.9 Å². The zero-order valence-electron chi connectivity index (χ0n) is 12.0. The van der Waals surface area contributed by atoms with Crippen molar-refractivity contribution in [3.8, 4) is 16.9 Å². The third-order valence-electron chi connectivity index (χ3n) is 3.41. The Labute approximate surface area is 133 Å². The standard InChI is InChI=1S/C18H14ClNO2/c1-2-22-18-15(11-21)20-17-13(9-6-10-14(17)19)16(18)12-7-4-3-5-8-12/h3-11H,2H2,1H3. The van der Waals surface area contributed by atoms with E-state index < -0.39 is 0 Å². The van der Waals surface area contributed by atoms with Gasteiger partial charge >= 0.3 is 0 Å². The number of para-hydroxylation sites is 1. The van der Waals surface area contributed by atoms with Gasteiger partial charge in [-0.3, -0.25) is 4.79 Å². The highest BCUT2D eigenvalue weighted by Gasteiger charge is 2.18. The summed E-state index contributed by atoms with van der Waals surface area (Å²) in [6.45, 7) is 2.33. The van der Waals surface area contributed by atoms with Crippen molar-refractivity contribution >= 4 is 28.8 Å². The molecule has 0 aliphatic rings. The van der Waals surface area contributed by atoms with Gasteiger partial charge in [0, 0.05) is 10.9 Å². The third kappa shape index (κ3) is 2.44. The number of aldehydes is 1. The molecule has 3 aromatic rings. The van der Waals surface area contributed by atoms with E-state index >= 15 is 0 Å². The van der Waals surface area contributed by atoms with Gasteiger partial charge in [0.05, 0.1) is 17.1 Å². The second-order valence-corrected chi connectivity index (χ2v) is 5.16. The first-order chi connectivity index (χ1) is 10.8. The number of carbonyl (C=O) groups is 1. The summed E-state index contributed by atoms with van der Waals surface area (Å²) in [4.78, 5) is 15.8. The highest BCUT2D eigenvalue weighted by Crippen LogP contribution is 2.39. The molecule has 4 heteroatoms. The van der Waals surface area contributed by atoms with Crippen molar-refractivity contribution in [2.75, 3.05) is 6.61 Å². The average Bonchev–Trinajstić information content (AvgIpc) is 2.56. The molecule has 1 heterocycles. The van der Waals surface area contributed by atoms with Crippen LogP contribution in [0.4, 0.5) is 0 Å². The predicted octanol–water partition coefficient (Wildman–Crippen LogP) is 4.77. The van der Waals surface area contributed by atoms with Gasteiger partial charge in [-0.1, -0.05) is 54.1 Å². The van der Waals surface area contributed by atoms with Gasteiger partial charge in [-0.25, -0.2) is 4.98 Å². The number of ether oxygens (including phenoxy) is 1. The second-order valence-electron chi connectivity index (χ2n) is 4.75. The maximum Gasteiger partial charge on any atom is 0.172 e. The van der Waals surface area contributed by atoms with Crippen molar-refractivity contribution in [3.05, 3.63) is 59.2 Å². The number of aromatic nitrogens is 1. The molecule has 22 heavy (non-hydrogen) atoms. The molecule has 0 spiro atoms. The van der Waals surface area contributed by atoms with E-state index in [0.29, 0.717) is 29.2 Å². The lowest BCUT2D eigenvalue weighted by atomic mass is 9.99. The van der Waals surface area contributed by atoms with Crippen molar-refractivity contribution < 1.29 is 9.53 Å². The number of hydrogen-bond acceptors (Lipinski definition) is 3. The molecule has 0 saturated heterocycles. The van der Waals surface area contributed by atoms with Crippen LogP contribution >= 0.6 is 11.6 Å². The minimum atomic E-state index is 0.265. The molecule has 1 aromatic heterocycles. The van der Waals surface area contributed by atoms with Crippen LogP contribution in [0.2, 0.25) is 5.02 Å². The molecule has 0 radical (unpaired) electrons. The number of nitrogens with zero attached hydrogens (tertiary/aromatic N) is 1. The van der Waals surface area contributed by atoms with Crippen LogP contribution in [0.5, 0.6) is 5.75 Å². The molecule has 110 valence electrons. The molecule has 0 N–H and O–H groups in total. The summed E-state index contributed by atoms with van der Waals surface area (Å²) in [6.07, 6.45) is 0.709. The summed E-state index contributed by atoms with van der Waals surface area (Å²) in [5.41, 5.74) is 2.68. The quantitative estimate of drug-likeness (QED) is 0.652. The summed E-state index contributed by atoms with van der Waals surface area (Å²) in [7, 11) is 0. The minimum absolute atomic E-state index is 0.265. The van der Waals surface area contributed by atoms with Gasteiger partial charge in [-0.2, -0.15) is 0 Å². The van der Waals surface area contributed by atoms with Crippen LogP contribution in [0.25, 0.3) is 22.0 Å². The zero-order valence-corrected chi connectivity index (χ0v) is 12.8. The number of carbonyl (C=O) groups excluding carboxylic acids is 1. The number of benzene rings is 2. The van der Waals surface area contributed by atoms with E-state index in [1.807, 2.05) is 49.4 Å². The maximum absolute atomic E-state index is 11.5. The van der Waals surface area contributed by atoms with Gasteiger partial charge in [0.25, 0.3) is 0 Å². The lowest BCUT2D eigenvalue weighted by Gasteiger charge is -2.15. The van der Waals surface area contributed by atoms with Crippen LogP contribution in [-0.2, 0) is 0 Å². The van der Waals surface area contributed by atoms with Crippen molar-refractivity contribution in [2.24, 2.45) is 0 Å². The smallest absolute Gasteiger partial charge is 0.172 e. The minimum Gasteiger partial charge on any atom is -0.491 e. The summed E-state index contributed by atoms with van der Waals surface area (Å²) in [6, 6.07) is 15.4. The highest BCUT2D eigenvalue weighted by atomic mass is 35.5. The van der Waals surface area contributed by atoms with Crippen molar-refractivity contribution in [2.45, 2.75) is 6.92 Å². The number of pyridine rings is 1. The Kier molecular flexibility index (Phi) is 4.07. The fraction of sp³-hybridized carbons (Fsp3) is 0.111. The summed E-state index contributed by atoms with van der Waals surface area (Å²) in [5, 5.41) is 1.38. The van der Waals surface area contributed by atoms with Gasteiger partial charge in [0.15, 0.2) is 12.0 Å². The van der Waals surface area contributed by atoms with Gasteiger partial charge in [0.1, 0.15) is 5.69 Å². The zero-order chi connectivity index (χ0) is 15.5. The summed E-state index contributed by atoms with van der Waals surface area (Å²) < 4.78 is 5.72. The molecule has 0 aliphatic heterocycles. The Balaban J connectivity index is 2.46. The van der Waals surface area contributed by atoms with Crippen LogP contribution in [0, 0.1) is 0 Å².